The number of nitrogens with zero attached hydrogens (tertiary/aromatic N) is 3. The highest BCUT2D eigenvalue weighted by molar-refractivity contribution is 6.30. The number of hydrogen-bond acceptors (Lipinski definition) is 5. The standard InChI is InChI=1S/C24H26ClF3N6O/c1-34(2)21-17-5-3-4-6-19(17)31-22(33-21)29-15-8-10-16(11-9-15)30-23(35)32-20-12-7-14(25)13-18(20)24(26,27)28/h3-7,12-13,15-16H,8-11H2,1-2H3,(H,29,31,33)(H2,30,32,35). The second kappa shape index (κ2) is 10.2. The lowest BCUT2D eigenvalue weighted by Crippen LogP contribution is -2.42. The van der Waals surface area contributed by atoms with Crippen LogP contribution >= 0.6 is 11.6 Å². The first-order valence-electron chi connectivity index (χ1n) is 11.2. The molecule has 186 valence electrons. The molecule has 2 aromatic carbocycles. The zero-order chi connectivity index (χ0) is 25.2. The number of alkyl halides is 3. The Hall–Kier alpha value is -3.27. The highest BCUT2D eigenvalue weighted by Gasteiger charge is 2.34. The highest BCUT2D eigenvalue weighted by Crippen LogP contribution is 2.36. The second-order valence-corrected chi connectivity index (χ2v) is 9.20. The van der Waals surface area contributed by atoms with Gasteiger partial charge in [-0.2, -0.15) is 18.2 Å². The van der Waals surface area contributed by atoms with E-state index in [0.29, 0.717) is 18.8 Å². The van der Waals surface area contributed by atoms with Gasteiger partial charge in [-0.1, -0.05) is 23.7 Å². The van der Waals surface area contributed by atoms with E-state index in [9.17, 15) is 18.0 Å². The van der Waals surface area contributed by atoms with E-state index in [1.165, 1.54) is 6.07 Å². The summed E-state index contributed by atoms with van der Waals surface area (Å²) in [7, 11) is 3.87. The maximum absolute atomic E-state index is 13.3. The lowest BCUT2D eigenvalue weighted by molar-refractivity contribution is -0.136. The van der Waals surface area contributed by atoms with Crippen LogP contribution in [-0.2, 0) is 6.18 Å². The molecule has 4 rings (SSSR count). The molecule has 3 N–H and O–H groups in total. The summed E-state index contributed by atoms with van der Waals surface area (Å²) in [6.45, 7) is 0. The van der Waals surface area contributed by atoms with Crippen LogP contribution in [0.15, 0.2) is 42.5 Å². The van der Waals surface area contributed by atoms with Gasteiger partial charge < -0.3 is 20.9 Å². The van der Waals surface area contributed by atoms with Crippen molar-refractivity contribution in [1.29, 1.82) is 0 Å². The van der Waals surface area contributed by atoms with Crippen molar-refractivity contribution in [2.24, 2.45) is 0 Å². The van der Waals surface area contributed by atoms with Gasteiger partial charge in [0.25, 0.3) is 0 Å². The molecule has 7 nitrogen and oxygen atoms in total. The van der Waals surface area contributed by atoms with E-state index in [-0.39, 0.29) is 22.8 Å². The molecular weight excluding hydrogens is 481 g/mol. The Morgan fingerprint density at radius 3 is 2.40 bits per heavy atom. The molecule has 0 aliphatic heterocycles. The van der Waals surface area contributed by atoms with Gasteiger partial charge in [0.1, 0.15) is 5.82 Å². The summed E-state index contributed by atoms with van der Waals surface area (Å²) >= 11 is 5.69. The van der Waals surface area contributed by atoms with Crippen molar-refractivity contribution in [3.63, 3.8) is 0 Å². The monoisotopic (exact) mass is 506 g/mol. The number of aromatic nitrogens is 2. The molecule has 0 atom stereocenters. The number of benzene rings is 2. The topological polar surface area (TPSA) is 82.2 Å². The maximum atomic E-state index is 13.3. The fourth-order valence-electron chi connectivity index (χ4n) is 4.23. The van der Waals surface area contributed by atoms with E-state index >= 15 is 0 Å². The molecule has 0 unspecified atom stereocenters. The van der Waals surface area contributed by atoms with Crippen molar-refractivity contribution >= 4 is 46.0 Å². The van der Waals surface area contributed by atoms with Crippen molar-refractivity contribution in [3.05, 3.63) is 53.1 Å². The van der Waals surface area contributed by atoms with Gasteiger partial charge in [0, 0.05) is 36.6 Å². The number of hydrogen-bond donors (Lipinski definition) is 3. The third-order valence-electron chi connectivity index (χ3n) is 5.94. The van der Waals surface area contributed by atoms with Crippen molar-refractivity contribution < 1.29 is 18.0 Å². The Bertz CT molecular complexity index is 1210. The zero-order valence-electron chi connectivity index (χ0n) is 19.3. The number of halogens is 4. The average Bonchev–Trinajstić information content (AvgIpc) is 2.80. The molecule has 0 spiro atoms. The van der Waals surface area contributed by atoms with Gasteiger partial charge in [0.2, 0.25) is 5.95 Å². The molecule has 1 aliphatic rings. The normalized spacial score (nSPS) is 18.2. The molecule has 1 aromatic heterocycles. The van der Waals surface area contributed by atoms with E-state index < -0.39 is 17.8 Å². The van der Waals surface area contributed by atoms with Crippen LogP contribution in [0.3, 0.4) is 0 Å². The summed E-state index contributed by atoms with van der Waals surface area (Å²) in [5.74, 6) is 1.37. The third-order valence-corrected chi connectivity index (χ3v) is 6.17. The average molecular weight is 507 g/mol. The van der Waals surface area contributed by atoms with Crippen molar-refractivity contribution in [2.45, 2.75) is 43.9 Å². The van der Waals surface area contributed by atoms with Gasteiger partial charge in [-0.05, 0) is 56.0 Å². The molecule has 1 heterocycles. The number of para-hydroxylation sites is 1. The van der Waals surface area contributed by atoms with Gasteiger partial charge in [0.15, 0.2) is 0 Å². The summed E-state index contributed by atoms with van der Waals surface area (Å²) in [6.07, 6.45) is -1.77. The largest absolute Gasteiger partial charge is 0.418 e. The Morgan fingerprint density at radius 2 is 1.71 bits per heavy atom. The van der Waals surface area contributed by atoms with E-state index in [0.717, 1.165) is 41.7 Å². The Balaban J connectivity index is 1.34. The molecular formula is C24H26ClF3N6O. The van der Waals surface area contributed by atoms with Crippen LogP contribution in [0.2, 0.25) is 5.02 Å². The van der Waals surface area contributed by atoms with E-state index in [4.69, 9.17) is 11.6 Å². The molecule has 0 radical (unpaired) electrons. The van der Waals surface area contributed by atoms with Gasteiger partial charge in [-0.25, -0.2) is 9.78 Å². The van der Waals surface area contributed by atoms with Crippen LogP contribution in [0.25, 0.3) is 10.9 Å². The summed E-state index contributed by atoms with van der Waals surface area (Å²) in [6, 6.07) is 10.4. The number of rotatable bonds is 5. The summed E-state index contributed by atoms with van der Waals surface area (Å²) < 4.78 is 39.8. The lowest BCUT2D eigenvalue weighted by atomic mass is 9.91. The number of anilines is 3. The highest BCUT2D eigenvalue weighted by atomic mass is 35.5. The number of amides is 2. The SMILES string of the molecule is CN(C)c1nc(NC2CCC(NC(=O)Nc3ccc(Cl)cc3C(F)(F)F)CC2)nc2ccccc12. The second-order valence-electron chi connectivity index (χ2n) is 8.76. The number of urea groups is 1. The number of carbonyl (C=O) groups is 1. The van der Waals surface area contributed by atoms with E-state index in [1.807, 2.05) is 43.3 Å². The van der Waals surface area contributed by atoms with Gasteiger partial charge in [-0.15, -0.1) is 0 Å². The first kappa shape index (κ1) is 24.8. The van der Waals surface area contributed by atoms with Gasteiger partial charge in [0.05, 0.1) is 16.8 Å². The smallest absolute Gasteiger partial charge is 0.362 e. The van der Waals surface area contributed by atoms with E-state index in [2.05, 4.69) is 25.9 Å². The van der Waals surface area contributed by atoms with Crippen LogP contribution in [0.4, 0.5) is 35.4 Å². The van der Waals surface area contributed by atoms with Gasteiger partial charge in [-0.3, -0.25) is 0 Å². The predicted molar refractivity (Wildman–Crippen MR) is 132 cm³/mol. The third kappa shape index (κ3) is 6.05. The van der Waals surface area contributed by atoms with E-state index in [1.54, 1.807) is 0 Å². The first-order chi connectivity index (χ1) is 16.6. The molecule has 11 heteroatoms. The molecule has 35 heavy (non-hydrogen) atoms. The van der Waals surface area contributed by atoms with Gasteiger partial charge >= 0.3 is 12.2 Å². The van der Waals surface area contributed by atoms with Crippen LogP contribution in [0.5, 0.6) is 0 Å². The molecule has 2 amide bonds. The summed E-state index contributed by atoms with van der Waals surface area (Å²) in [4.78, 5) is 23.6. The van der Waals surface area contributed by atoms with Crippen molar-refractivity contribution in [2.75, 3.05) is 29.6 Å². The van der Waals surface area contributed by atoms with Crippen molar-refractivity contribution in [3.8, 4) is 0 Å². The van der Waals surface area contributed by atoms with Crippen LogP contribution in [-0.4, -0.2) is 42.2 Å². The fourth-order valence-corrected chi connectivity index (χ4v) is 4.41. The molecule has 1 aliphatic carbocycles. The predicted octanol–water partition coefficient (Wildman–Crippen LogP) is 5.91. The first-order valence-corrected chi connectivity index (χ1v) is 11.6. The molecule has 0 bridgehead atoms. The fraction of sp³-hybridized carbons (Fsp3) is 0.375. The van der Waals surface area contributed by atoms with Crippen LogP contribution < -0.4 is 20.9 Å². The molecule has 1 saturated carbocycles. The number of fused-ring (bicyclic) bond motifs is 1. The lowest BCUT2D eigenvalue weighted by Gasteiger charge is -2.30. The molecule has 1 fully saturated rings. The molecule has 0 saturated heterocycles. The number of carbonyl (C=O) groups excluding carboxylic acids is 1. The minimum atomic E-state index is -4.63. The number of nitrogens with one attached hydrogen (secondary N) is 3. The Morgan fingerprint density at radius 1 is 1.03 bits per heavy atom. The quantitative estimate of drug-likeness (QED) is 0.400. The molecule has 3 aromatic rings. The Labute approximate surface area is 206 Å². The minimum absolute atomic E-state index is 0.0535. The van der Waals surface area contributed by atoms with Crippen molar-refractivity contribution in [1.82, 2.24) is 15.3 Å². The summed E-state index contributed by atoms with van der Waals surface area (Å²) in [5.41, 5.74) is -0.471. The minimum Gasteiger partial charge on any atom is -0.362 e. The summed E-state index contributed by atoms with van der Waals surface area (Å²) in [5, 5.41) is 9.40. The van der Waals surface area contributed by atoms with Crippen LogP contribution in [0, 0.1) is 0 Å². The van der Waals surface area contributed by atoms with Crippen LogP contribution in [0.1, 0.15) is 31.2 Å². The Kier molecular flexibility index (Phi) is 7.20. The zero-order valence-corrected chi connectivity index (χ0v) is 20.0. The maximum Gasteiger partial charge on any atom is 0.418 e.